The minimum atomic E-state index is 0.380. The SMILES string of the molecule is Cc1nc(NCc2cnn(Cc3ccccc3)c2)cc([C@@H]2CCOC2)n1. The van der Waals surface area contributed by atoms with Crippen molar-refractivity contribution in [1.82, 2.24) is 19.7 Å². The number of rotatable bonds is 6. The van der Waals surface area contributed by atoms with Crippen molar-refractivity contribution in [2.45, 2.75) is 32.4 Å². The lowest BCUT2D eigenvalue weighted by molar-refractivity contribution is 0.193. The highest BCUT2D eigenvalue weighted by molar-refractivity contribution is 5.38. The maximum atomic E-state index is 5.48. The van der Waals surface area contributed by atoms with Gasteiger partial charge in [-0.15, -0.1) is 0 Å². The van der Waals surface area contributed by atoms with Gasteiger partial charge in [-0.2, -0.15) is 5.10 Å². The number of nitrogens with zero attached hydrogens (tertiary/aromatic N) is 4. The molecule has 1 saturated heterocycles. The normalized spacial score (nSPS) is 16.7. The quantitative estimate of drug-likeness (QED) is 0.741. The number of hydrogen-bond acceptors (Lipinski definition) is 5. The molecule has 0 aliphatic carbocycles. The van der Waals surface area contributed by atoms with Crippen molar-refractivity contribution >= 4 is 5.82 Å². The summed E-state index contributed by atoms with van der Waals surface area (Å²) in [6, 6.07) is 12.4. The van der Waals surface area contributed by atoms with Crippen LogP contribution in [0.3, 0.4) is 0 Å². The summed E-state index contributed by atoms with van der Waals surface area (Å²) in [7, 11) is 0. The van der Waals surface area contributed by atoms with E-state index in [1.165, 1.54) is 5.56 Å². The van der Waals surface area contributed by atoms with E-state index in [0.29, 0.717) is 12.5 Å². The van der Waals surface area contributed by atoms with Gasteiger partial charge in [0.2, 0.25) is 0 Å². The Kier molecular flexibility index (Phi) is 4.93. The van der Waals surface area contributed by atoms with E-state index in [9.17, 15) is 0 Å². The summed E-state index contributed by atoms with van der Waals surface area (Å²) in [5.41, 5.74) is 3.44. The fraction of sp³-hybridized carbons (Fsp3) is 0.350. The Labute approximate surface area is 153 Å². The number of hydrogen-bond donors (Lipinski definition) is 1. The van der Waals surface area contributed by atoms with E-state index in [4.69, 9.17) is 4.74 Å². The number of aromatic nitrogens is 4. The molecule has 0 amide bonds. The van der Waals surface area contributed by atoms with Crippen molar-refractivity contribution < 1.29 is 4.74 Å². The number of benzene rings is 1. The van der Waals surface area contributed by atoms with E-state index in [-0.39, 0.29) is 0 Å². The first-order valence-electron chi connectivity index (χ1n) is 8.99. The van der Waals surface area contributed by atoms with Gasteiger partial charge in [0.05, 0.1) is 25.0 Å². The third-order valence-electron chi connectivity index (χ3n) is 4.55. The zero-order valence-electron chi connectivity index (χ0n) is 14.9. The predicted molar refractivity (Wildman–Crippen MR) is 100 cm³/mol. The summed E-state index contributed by atoms with van der Waals surface area (Å²) in [5, 5.41) is 7.85. The monoisotopic (exact) mass is 349 g/mol. The summed E-state index contributed by atoms with van der Waals surface area (Å²) in [6.45, 7) is 4.97. The van der Waals surface area contributed by atoms with Crippen LogP contribution in [-0.4, -0.2) is 33.0 Å². The van der Waals surface area contributed by atoms with Crippen LogP contribution in [0, 0.1) is 6.92 Å². The van der Waals surface area contributed by atoms with E-state index in [2.05, 4.69) is 38.7 Å². The first-order chi connectivity index (χ1) is 12.8. The second-order valence-corrected chi connectivity index (χ2v) is 6.67. The summed E-state index contributed by atoms with van der Waals surface area (Å²) in [4.78, 5) is 9.08. The fourth-order valence-corrected chi connectivity index (χ4v) is 3.21. The number of nitrogens with one attached hydrogen (secondary N) is 1. The third-order valence-corrected chi connectivity index (χ3v) is 4.55. The minimum absolute atomic E-state index is 0.380. The van der Waals surface area contributed by atoms with Crippen LogP contribution in [0.5, 0.6) is 0 Å². The van der Waals surface area contributed by atoms with Gasteiger partial charge in [0.15, 0.2) is 0 Å². The van der Waals surface area contributed by atoms with Gasteiger partial charge in [0.25, 0.3) is 0 Å². The van der Waals surface area contributed by atoms with E-state index in [1.54, 1.807) is 0 Å². The highest BCUT2D eigenvalue weighted by Gasteiger charge is 2.20. The minimum Gasteiger partial charge on any atom is -0.381 e. The molecule has 2 aromatic heterocycles. The van der Waals surface area contributed by atoms with Gasteiger partial charge in [-0.3, -0.25) is 4.68 Å². The molecular formula is C20H23N5O. The lowest BCUT2D eigenvalue weighted by Crippen LogP contribution is -2.08. The van der Waals surface area contributed by atoms with Crippen molar-refractivity contribution in [3.05, 3.63) is 71.4 Å². The second-order valence-electron chi connectivity index (χ2n) is 6.67. The van der Waals surface area contributed by atoms with Crippen molar-refractivity contribution in [1.29, 1.82) is 0 Å². The molecule has 0 spiro atoms. The van der Waals surface area contributed by atoms with Crippen LogP contribution in [0.25, 0.3) is 0 Å². The summed E-state index contributed by atoms with van der Waals surface area (Å²) in [5.74, 6) is 2.03. The van der Waals surface area contributed by atoms with Crippen LogP contribution in [0.15, 0.2) is 48.8 Å². The molecule has 1 aromatic carbocycles. The van der Waals surface area contributed by atoms with Crippen LogP contribution in [-0.2, 0) is 17.8 Å². The molecule has 1 fully saturated rings. The van der Waals surface area contributed by atoms with E-state index in [0.717, 1.165) is 49.1 Å². The number of ether oxygens (including phenoxy) is 1. The van der Waals surface area contributed by atoms with Gasteiger partial charge < -0.3 is 10.1 Å². The van der Waals surface area contributed by atoms with Crippen LogP contribution in [0.4, 0.5) is 5.82 Å². The second kappa shape index (κ2) is 7.66. The lowest BCUT2D eigenvalue weighted by Gasteiger charge is -2.11. The fourth-order valence-electron chi connectivity index (χ4n) is 3.21. The molecule has 3 aromatic rings. The molecule has 0 unspecified atom stereocenters. The summed E-state index contributed by atoms with van der Waals surface area (Å²) in [6.07, 6.45) is 5.00. The Bertz CT molecular complexity index is 856. The average molecular weight is 349 g/mol. The molecule has 0 saturated carbocycles. The smallest absolute Gasteiger partial charge is 0.130 e. The topological polar surface area (TPSA) is 64.9 Å². The van der Waals surface area contributed by atoms with Crippen LogP contribution in [0.1, 0.15) is 35.0 Å². The van der Waals surface area contributed by atoms with Gasteiger partial charge in [-0.25, -0.2) is 9.97 Å². The van der Waals surface area contributed by atoms with Crippen LogP contribution in [0.2, 0.25) is 0 Å². The van der Waals surface area contributed by atoms with Gasteiger partial charge in [0, 0.05) is 36.9 Å². The molecule has 4 rings (SSSR count). The van der Waals surface area contributed by atoms with Crippen LogP contribution >= 0.6 is 0 Å². The summed E-state index contributed by atoms with van der Waals surface area (Å²) < 4.78 is 7.44. The Morgan fingerprint density at radius 3 is 2.88 bits per heavy atom. The zero-order valence-corrected chi connectivity index (χ0v) is 14.9. The first kappa shape index (κ1) is 16.7. The Hall–Kier alpha value is -2.73. The van der Waals surface area contributed by atoms with E-state index < -0.39 is 0 Å². The average Bonchev–Trinajstić information content (AvgIpc) is 3.33. The Morgan fingerprint density at radius 1 is 1.19 bits per heavy atom. The van der Waals surface area contributed by atoms with Crippen molar-refractivity contribution in [3.8, 4) is 0 Å². The van der Waals surface area contributed by atoms with E-state index in [1.807, 2.05) is 42.1 Å². The zero-order chi connectivity index (χ0) is 17.8. The van der Waals surface area contributed by atoms with Gasteiger partial charge in [-0.1, -0.05) is 30.3 Å². The lowest BCUT2D eigenvalue weighted by atomic mass is 10.0. The van der Waals surface area contributed by atoms with Crippen molar-refractivity contribution in [2.24, 2.45) is 0 Å². The number of anilines is 1. The third kappa shape index (κ3) is 4.08. The maximum absolute atomic E-state index is 5.48. The first-order valence-corrected chi connectivity index (χ1v) is 8.99. The highest BCUT2D eigenvalue weighted by Crippen LogP contribution is 2.25. The highest BCUT2D eigenvalue weighted by atomic mass is 16.5. The predicted octanol–water partition coefficient (Wildman–Crippen LogP) is 3.15. The summed E-state index contributed by atoms with van der Waals surface area (Å²) >= 11 is 0. The molecule has 0 radical (unpaired) electrons. The number of aryl methyl sites for hydroxylation is 1. The molecule has 1 N–H and O–H groups in total. The molecule has 1 aliphatic heterocycles. The molecular weight excluding hydrogens is 326 g/mol. The largest absolute Gasteiger partial charge is 0.381 e. The van der Waals surface area contributed by atoms with Crippen LogP contribution < -0.4 is 5.32 Å². The molecule has 134 valence electrons. The van der Waals surface area contributed by atoms with E-state index >= 15 is 0 Å². The molecule has 26 heavy (non-hydrogen) atoms. The molecule has 0 bridgehead atoms. The standard InChI is InChI=1S/C20H23N5O/c1-15-23-19(18-7-8-26-14-18)9-20(24-15)21-10-17-11-22-25(13-17)12-16-5-3-2-4-6-16/h2-6,9,11,13,18H,7-8,10,12,14H2,1H3,(H,21,23,24)/t18-/m1/s1. The maximum Gasteiger partial charge on any atom is 0.130 e. The van der Waals surface area contributed by atoms with Gasteiger partial charge in [-0.05, 0) is 18.9 Å². The molecule has 6 heteroatoms. The Morgan fingerprint density at radius 2 is 2.08 bits per heavy atom. The van der Waals surface area contributed by atoms with Gasteiger partial charge >= 0.3 is 0 Å². The van der Waals surface area contributed by atoms with Crippen molar-refractivity contribution in [2.75, 3.05) is 18.5 Å². The van der Waals surface area contributed by atoms with Gasteiger partial charge in [0.1, 0.15) is 11.6 Å². The molecule has 3 heterocycles. The molecule has 6 nitrogen and oxygen atoms in total. The Balaban J connectivity index is 1.40. The van der Waals surface area contributed by atoms with Crippen molar-refractivity contribution in [3.63, 3.8) is 0 Å². The molecule has 1 aliphatic rings. The molecule has 1 atom stereocenters.